The van der Waals surface area contributed by atoms with E-state index in [-0.39, 0.29) is 25.1 Å². The molecule has 3 rings (SSSR count). The number of nitrogens with zero attached hydrogens (tertiary/aromatic N) is 2. The fourth-order valence-corrected chi connectivity index (χ4v) is 3.23. The molecule has 1 saturated heterocycles. The van der Waals surface area contributed by atoms with Gasteiger partial charge in [-0.2, -0.15) is 13.2 Å². The van der Waals surface area contributed by atoms with Crippen molar-refractivity contribution < 1.29 is 17.6 Å². The van der Waals surface area contributed by atoms with Gasteiger partial charge in [-0.25, -0.2) is 4.39 Å². The van der Waals surface area contributed by atoms with Crippen LogP contribution in [-0.4, -0.2) is 35.7 Å². The van der Waals surface area contributed by atoms with Gasteiger partial charge < -0.3 is 4.90 Å². The average molecular weight is 364 g/mol. The molecule has 6 heteroatoms. The van der Waals surface area contributed by atoms with Gasteiger partial charge in [0.1, 0.15) is 11.5 Å². The van der Waals surface area contributed by atoms with Gasteiger partial charge in [-0.05, 0) is 30.2 Å². The third-order valence-electron chi connectivity index (χ3n) is 4.66. The number of halogens is 4. The summed E-state index contributed by atoms with van der Waals surface area (Å²) in [6.07, 6.45) is -4.44. The highest BCUT2D eigenvalue weighted by Crippen LogP contribution is 2.34. The van der Waals surface area contributed by atoms with Crippen LogP contribution in [-0.2, 0) is 0 Å². The SMILES string of the molecule is C=C(N1CCN(C(c2ccc(C)cc2)c2ccc(F)cc2)C1)C(F)(F)F. The molecule has 2 aromatic rings. The quantitative estimate of drug-likeness (QED) is 0.714. The number of hydrogen-bond acceptors (Lipinski definition) is 2. The number of hydrogen-bond donors (Lipinski definition) is 0. The van der Waals surface area contributed by atoms with Gasteiger partial charge in [0.25, 0.3) is 0 Å². The topological polar surface area (TPSA) is 6.48 Å². The van der Waals surface area contributed by atoms with Gasteiger partial charge in [0.05, 0.1) is 12.7 Å². The van der Waals surface area contributed by atoms with Gasteiger partial charge in [0.2, 0.25) is 0 Å². The molecule has 1 fully saturated rings. The van der Waals surface area contributed by atoms with Gasteiger partial charge in [0.15, 0.2) is 0 Å². The van der Waals surface area contributed by atoms with E-state index in [1.807, 2.05) is 36.1 Å². The number of allylic oxidation sites excluding steroid dienone is 1. The Bertz CT molecular complexity index is 720. The molecule has 1 aliphatic heterocycles. The van der Waals surface area contributed by atoms with E-state index >= 15 is 0 Å². The Morgan fingerprint density at radius 2 is 1.50 bits per heavy atom. The smallest absolute Gasteiger partial charge is 0.354 e. The number of aryl methyl sites for hydroxylation is 1. The van der Waals surface area contributed by atoms with Crippen LogP contribution in [0.5, 0.6) is 0 Å². The predicted molar refractivity (Wildman–Crippen MR) is 92.9 cm³/mol. The predicted octanol–water partition coefficient (Wildman–Crippen LogP) is 4.87. The highest BCUT2D eigenvalue weighted by atomic mass is 19.4. The number of benzene rings is 2. The normalized spacial score (nSPS) is 16.7. The van der Waals surface area contributed by atoms with E-state index in [9.17, 15) is 17.6 Å². The lowest BCUT2D eigenvalue weighted by molar-refractivity contribution is -0.110. The second-order valence-electron chi connectivity index (χ2n) is 6.53. The summed E-state index contributed by atoms with van der Waals surface area (Å²) in [7, 11) is 0. The van der Waals surface area contributed by atoms with E-state index < -0.39 is 11.9 Å². The van der Waals surface area contributed by atoms with Crippen molar-refractivity contribution in [1.82, 2.24) is 9.80 Å². The minimum Gasteiger partial charge on any atom is -0.354 e. The second kappa shape index (κ2) is 7.11. The molecule has 1 unspecified atom stereocenters. The Morgan fingerprint density at radius 1 is 0.962 bits per heavy atom. The molecule has 138 valence electrons. The van der Waals surface area contributed by atoms with E-state index in [1.54, 1.807) is 12.1 Å². The highest BCUT2D eigenvalue weighted by molar-refractivity contribution is 5.34. The van der Waals surface area contributed by atoms with Crippen molar-refractivity contribution in [1.29, 1.82) is 0 Å². The van der Waals surface area contributed by atoms with Gasteiger partial charge in [0, 0.05) is 13.1 Å². The summed E-state index contributed by atoms with van der Waals surface area (Å²) in [4.78, 5) is 3.19. The number of rotatable bonds is 4. The fourth-order valence-electron chi connectivity index (χ4n) is 3.23. The molecular formula is C20H20F4N2. The van der Waals surface area contributed by atoms with Crippen molar-refractivity contribution in [3.8, 4) is 0 Å². The zero-order valence-electron chi connectivity index (χ0n) is 14.4. The zero-order chi connectivity index (χ0) is 18.9. The van der Waals surface area contributed by atoms with Crippen molar-refractivity contribution in [2.75, 3.05) is 19.8 Å². The first kappa shape index (κ1) is 18.5. The summed E-state index contributed by atoms with van der Waals surface area (Å²) in [5, 5.41) is 0. The van der Waals surface area contributed by atoms with Crippen LogP contribution in [0.15, 0.2) is 60.8 Å². The van der Waals surface area contributed by atoms with Crippen molar-refractivity contribution in [2.24, 2.45) is 0 Å². The third-order valence-corrected chi connectivity index (χ3v) is 4.66. The van der Waals surface area contributed by atoms with Crippen molar-refractivity contribution in [3.05, 3.63) is 83.3 Å². The van der Waals surface area contributed by atoms with Gasteiger partial charge in [-0.1, -0.05) is 48.5 Å². The maximum absolute atomic E-state index is 13.3. The molecule has 1 aliphatic rings. The molecule has 26 heavy (non-hydrogen) atoms. The monoisotopic (exact) mass is 364 g/mol. The maximum Gasteiger partial charge on any atom is 0.430 e. The van der Waals surface area contributed by atoms with E-state index in [0.29, 0.717) is 6.54 Å². The van der Waals surface area contributed by atoms with E-state index in [1.165, 1.54) is 17.0 Å². The zero-order valence-corrected chi connectivity index (χ0v) is 14.4. The Kier molecular flexibility index (Phi) is 5.05. The van der Waals surface area contributed by atoms with Crippen molar-refractivity contribution >= 4 is 0 Å². The maximum atomic E-state index is 13.3. The lowest BCUT2D eigenvalue weighted by atomic mass is 9.96. The van der Waals surface area contributed by atoms with Crippen LogP contribution >= 0.6 is 0 Å². The summed E-state index contributed by atoms with van der Waals surface area (Å²) >= 11 is 0. The molecule has 0 bridgehead atoms. The summed E-state index contributed by atoms with van der Waals surface area (Å²) < 4.78 is 52.2. The van der Waals surface area contributed by atoms with E-state index in [4.69, 9.17) is 0 Å². The van der Waals surface area contributed by atoms with Crippen molar-refractivity contribution in [2.45, 2.75) is 19.1 Å². The second-order valence-corrected chi connectivity index (χ2v) is 6.53. The van der Waals surface area contributed by atoms with Gasteiger partial charge >= 0.3 is 6.18 Å². The Labute approximate surface area is 150 Å². The lowest BCUT2D eigenvalue weighted by Crippen LogP contribution is -2.33. The van der Waals surface area contributed by atoms with Crippen LogP contribution < -0.4 is 0 Å². The molecule has 0 spiro atoms. The standard InChI is InChI=1S/C20H20F4N2/c1-14-3-5-16(6-4-14)19(17-7-9-18(21)10-8-17)26-12-11-25(13-26)15(2)20(22,23)24/h3-10,19H,2,11-13H2,1H3. The summed E-state index contributed by atoms with van der Waals surface area (Å²) in [6, 6.07) is 13.7. The van der Waals surface area contributed by atoms with E-state index in [0.717, 1.165) is 16.7 Å². The molecule has 1 atom stereocenters. The third kappa shape index (κ3) is 3.90. The summed E-state index contributed by atoms with van der Waals surface area (Å²) in [5.41, 5.74) is 2.07. The molecule has 0 radical (unpaired) electrons. The van der Waals surface area contributed by atoms with Crippen LogP contribution in [0.25, 0.3) is 0 Å². The lowest BCUT2D eigenvalue weighted by Gasteiger charge is -2.30. The van der Waals surface area contributed by atoms with Gasteiger partial charge in [-0.15, -0.1) is 0 Å². The molecule has 2 aromatic carbocycles. The molecule has 0 amide bonds. The Hall–Kier alpha value is -2.34. The largest absolute Gasteiger partial charge is 0.430 e. The van der Waals surface area contributed by atoms with Crippen LogP contribution in [0.3, 0.4) is 0 Å². The molecule has 0 aliphatic carbocycles. The fraction of sp³-hybridized carbons (Fsp3) is 0.300. The average Bonchev–Trinajstić information content (AvgIpc) is 3.06. The van der Waals surface area contributed by atoms with Crippen LogP contribution in [0, 0.1) is 12.7 Å². The van der Waals surface area contributed by atoms with Crippen molar-refractivity contribution in [3.63, 3.8) is 0 Å². The molecule has 0 N–H and O–H groups in total. The minimum atomic E-state index is -4.44. The first-order chi connectivity index (χ1) is 12.3. The summed E-state index contributed by atoms with van der Waals surface area (Å²) in [6.45, 7) is 6.00. The first-order valence-electron chi connectivity index (χ1n) is 8.33. The Morgan fingerprint density at radius 3 is 2.04 bits per heavy atom. The Balaban J connectivity index is 1.90. The number of alkyl halides is 3. The van der Waals surface area contributed by atoms with E-state index in [2.05, 4.69) is 6.58 Å². The van der Waals surface area contributed by atoms with Gasteiger partial charge in [-0.3, -0.25) is 4.90 Å². The minimum absolute atomic E-state index is 0.119. The summed E-state index contributed by atoms with van der Waals surface area (Å²) in [5.74, 6) is -0.343. The molecule has 0 saturated carbocycles. The first-order valence-corrected chi connectivity index (χ1v) is 8.33. The van der Waals surface area contributed by atoms with Crippen LogP contribution in [0.1, 0.15) is 22.7 Å². The highest BCUT2D eigenvalue weighted by Gasteiger charge is 2.39. The van der Waals surface area contributed by atoms with Crippen LogP contribution in [0.4, 0.5) is 17.6 Å². The molecule has 0 aromatic heterocycles. The molecular weight excluding hydrogens is 344 g/mol. The molecule has 1 heterocycles. The van der Waals surface area contributed by atoms with Crippen LogP contribution in [0.2, 0.25) is 0 Å². The molecule has 2 nitrogen and oxygen atoms in total.